The van der Waals surface area contributed by atoms with Crippen molar-refractivity contribution in [2.24, 2.45) is 0 Å². The fraction of sp³-hybridized carbons (Fsp3) is 0.462. The van der Waals surface area contributed by atoms with E-state index in [1.807, 2.05) is 24.3 Å². The SMILES string of the molecule is O=C(COC(=O)CCc1ccc(S(=O)(=O)N2CCCC2)cc1)Nc1ccc(N2CCCCC2)cc1. The number of anilines is 2. The zero-order chi connectivity index (χ0) is 24.7. The Kier molecular flexibility index (Phi) is 8.41. The van der Waals surface area contributed by atoms with Gasteiger partial charge in [-0.2, -0.15) is 4.31 Å². The van der Waals surface area contributed by atoms with Crippen LogP contribution in [0.25, 0.3) is 0 Å². The molecule has 2 aliphatic heterocycles. The number of ether oxygens (including phenoxy) is 1. The van der Waals surface area contributed by atoms with Crippen LogP contribution in [0.4, 0.5) is 11.4 Å². The molecular weight excluding hydrogens is 466 g/mol. The zero-order valence-corrected chi connectivity index (χ0v) is 20.8. The molecular formula is C26H33N3O5S. The van der Waals surface area contributed by atoms with E-state index in [0.29, 0.717) is 25.2 Å². The summed E-state index contributed by atoms with van der Waals surface area (Å²) in [6, 6.07) is 14.3. The maximum atomic E-state index is 12.6. The molecule has 1 N–H and O–H groups in total. The average molecular weight is 500 g/mol. The maximum Gasteiger partial charge on any atom is 0.306 e. The van der Waals surface area contributed by atoms with Crippen LogP contribution >= 0.6 is 0 Å². The molecule has 0 spiro atoms. The van der Waals surface area contributed by atoms with Crippen molar-refractivity contribution in [2.45, 2.75) is 49.8 Å². The fourth-order valence-electron chi connectivity index (χ4n) is 4.48. The minimum atomic E-state index is -3.44. The first-order chi connectivity index (χ1) is 16.9. The number of amides is 1. The van der Waals surface area contributed by atoms with Crippen LogP contribution in [-0.4, -0.2) is 57.4 Å². The Morgan fingerprint density at radius 2 is 1.46 bits per heavy atom. The third-order valence-corrected chi connectivity index (χ3v) is 8.39. The predicted molar refractivity (Wildman–Crippen MR) is 135 cm³/mol. The summed E-state index contributed by atoms with van der Waals surface area (Å²) in [5, 5.41) is 2.75. The lowest BCUT2D eigenvalue weighted by molar-refractivity contribution is -0.147. The zero-order valence-electron chi connectivity index (χ0n) is 19.9. The monoisotopic (exact) mass is 499 g/mol. The van der Waals surface area contributed by atoms with Crippen molar-refractivity contribution in [1.82, 2.24) is 4.31 Å². The van der Waals surface area contributed by atoms with Crippen LogP contribution in [0.5, 0.6) is 0 Å². The topological polar surface area (TPSA) is 96.0 Å². The van der Waals surface area contributed by atoms with Crippen molar-refractivity contribution in [2.75, 3.05) is 43.0 Å². The second-order valence-corrected chi connectivity index (χ2v) is 11.0. The summed E-state index contributed by atoms with van der Waals surface area (Å²) < 4.78 is 31.8. The molecule has 0 radical (unpaired) electrons. The van der Waals surface area contributed by atoms with Gasteiger partial charge in [-0.25, -0.2) is 8.42 Å². The number of esters is 1. The highest BCUT2D eigenvalue weighted by Crippen LogP contribution is 2.23. The lowest BCUT2D eigenvalue weighted by atomic mass is 10.1. The van der Waals surface area contributed by atoms with Gasteiger partial charge < -0.3 is 15.0 Å². The van der Waals surface area contributed by atoms with Gasteiger partial charge in [0, 0.05) is 44.0 Å². The van der Waals surface area contributed by atoms with Gasteiger partial charge in [-0.3, -0.25) is 9.59 Å². The predicted octanol–water partition coefficient (Wildman–Crippen LogP) is 3.58. The molecule has 2 saturated heterocycles. The van der Waals surface area contributed by atoms with Gasteiger partial charge in [0.15, 0.2) is 6.61 Å². The van der Waals surface area contributed by atoms with E-state index in [4.69, 9.17) is 4.74 Å². The highest BCUT2D eigenvalue weighted by molar-refractivity contribution is 7.89. The van der Waals surface area contributed by atoms with Gasteiger partial charge in [-0.1, -0.05) is 12.1 Å². The molecule has 8 nitrogen and oxygen atoms in total. The number of rotatable bonds is 9. The molecule has 0 bridgehead atoms. The molecule has 2 aromatic rings. The number of nitrogens with one attached hydrogen (secondary N) is 1. The molecule has 9 heteroatoms. The highest BCUT2D eigenvalue weighted by atomic mass is 32.2. The molecule has 2 aromatic carbocycles. The number of nitrogens with zero attached hydrogens (tertiary/aromatic N) is 2. The molecule has 0 aliphatic carbocycles. The quantitative estimate of drug-likeness (QED) is 0.530. The van der Waals surface area contributed by atoms with Crippen LogP contribution in [0, 0.1) is 0 Å². The second kappa shape index (κ2) is 11.7. The molecule has 0 atom stereocenters. The van der Waals surface area contributed by atoms with Crippen LogP contribution in [-0.2, 0) is 30.8 Å². The Labute approximate surface area is 207 Å². The normalized spacial score (nSPS) is 16.7. The number of hydrogen-bond donors (Lipinski definition) is 1. The smallest absolute Gasteiger partial charge is 0.306 e. The largest absolute Gasteiger partial charge is 0.456 e. The third kappa shape index (κ3) is 6.82. The van der Waals surface area contributed by atoms with Crippen LogP contribution in [0.15, 0.2) is 53.4 Å². The van der Waals surface area contributed by atoms with E-state index in [1.54, 1.807) is 24.3 Å². The van der Waals surface area contributed by atoms with Crippen molar-refractivity contribution < 1.29 is 22.7 Å². The number of carbonyl (C=O) groups is 2. The fourth-order valence-corrected chi connectivity index (χ4v) is 5.99. The number of benzene rings is 2. The Hall–Kier alpha value is -2.91. The first-order valence-corrected chi connectivity index (χ1v) is 13.8. The maximum absolute atomic E-state index is 12.6. The van der Waals surface area contributed by atoms with E-state index < -0.39 is 16.0 Å². The van der Waals surface area contributed by atoms with Gasteiger partial charge in [-0.05, 0) is 80.5 Å². The van der Waals surface area contributed by atoms with E-state index >= 15 is 0 Å². The van der Waals surface area contributed by atoms with E-state index in [9.17, 15) is 18.0 Å². The standard InChI is InChI=1S/C26H33N3O5S/c30-25(27-22-9-11-23(12-10-22)28-16-2-1-3-17-28)20-34-26(31)15-8-21-6-13-24(14-7-21)35(32,33)29-18-4-5-19-29/h6-7,9-14H,1-5,8,15-20H2,(H,27,30). The Balaban J connectivity index is 1.18. The number of carbonyl (C=O) groups excluding carboxylic acids is 2. The summed E-state index contributed by atoms with van der Waals surface area (Å²) in [5.41, 5.74) is 2.65. The van der Waals surface area contributed by atoms with Crippen LogP contribution in [0.3, 0.4) is 0 Å². The molecule has 2 aliphatic rings. The minimum Gasteiger partial charge on any atom is -0.456 e. The summed E-state index contributed by atoms with van der Waals surface area (Å²) in [6.45, 7) is 2.90. The minimum absolute atomic E-state index is 0.107. The Morgan fingerprint density at radius 3 is 2.11 bits per heavy atom. The molecule has 188 valence electrons. The molecule has 0 saturated carbocycles. The van der Waals surface area contributed by atoms with E-state index in [2.05, 4.69) is 10.2 Å². The molecule has 4 rings (SSSR count). The van der Waals surface area contributed by atoms with Crippen molar-refractivity contribution in [1.29, 1.82) is 0 Å². The van der Waals surface area contributed by atoms with Gasteiger partial charge in [0.1, 0.15) is 0 Å². The summed E-state index contributed by atoms with van der Waals surface area (Å²) in [6.07, 6.45) is 5.98. The molecule has 2 fully saturated rings. The third-order valence-electron chi connectivity index (χ3n) is 6.48. The molecule has 1 amide bonds. The second-order valence-electron chi connectivity index (χ2n) is 9.06. The molecule has 0 unspecified atom stereocenters. The van der Waals surface area contributed by atoms with Crippen molar-refractivity contribution in [3.8, 4) is 0 Å². The number of sulfonamides is 1. The summed E-state index contributed by atoms with van der Waals surface area (Å²) in [5.74, 6) is -0.866. The summed E-state index contributed by atoms with van der Waals surface area (Å²) in [4.78, 5) is 26.9. The first kappa shape index (κ1) is 25.2. The lowest BCUT2D eigenvalue weighted by Gasteiger charge is -2.28. The molecule has 0 aromatic heterocycles. The van der Waals surface area contributed by atoms with Crippen LogP contribution in [0.1, 0.15) is 44.1 Å². The molecule has 2 heterocycles. The number of hydrogen-bond acceptors (Lipinski definition) is 6. The van der Waals surface area contributed by atoms with Gasteiger partial charge in [0.25, 0.3) is 5.91 Å². The highest BCUT2D eigenvalue weighted by Gasteiger charge is 2.26. The van der Waals surface area contributed by atoms with E-state index in [0.717, 1.165) is 37.2 Å². The first-order valence-electron chi connectivity index (χ1n) is 12.3. The summed E-state index contributed by atoms with van der Waals surface area (Å²) >= 11 is 0. The van der Waals surface area contributed by atoms with Gasteiger partial charge in [0.05, 0.1) is 4.90 Å². The van der Waals surface area contributed by atoms with Gasteiger partial charge in [-0.15, -0.1) is 0 Å². The van der Waals surface area contributed by atoms with Crippen molar-refractivity contribution in [3.63, 3.8) is 0 Å². The number of piperidine rings is 1. The lowest BCUT2D eigenvalue weighted by Crippen LogP contribution is -2.29. The molecule has 35 heavy (non-hydrogen) atoms. The van der Waals surface area contributed by atoms with E-state index in [1.165, 1.54) is 23.6 Å². The van der Waals surface area contributed by atoms with Crippen molar-refractivity contribution in [3.05, 3.63) is 54.1 Å². The van der Waals surface area contributed by atoms with Gasteiger partial charge in [0.2, 0.25) is 10.0 Å². The van der Waals surface area contributed by atoms with E-state index in [-0.39, 0.29) is 23.8 Å². The number of aryl methyl sites for hydroxylation is 1. The Morgan fingerprint density at radius 1 is 0.829 bits per heavy atom. The van der Waals surface area contributed by atoms with Crippen LogP contribution in [0.2, 0.25) is 0 Å². The average Bonchev–Trinajstić information content (AvgIpc) is 3.44. The Bertz CT molecular complexity index is 1100. The van der Waals surface area contributed by atoms with Crippen LogP contribution < -0.4 is 10.2 Å². The van der Waals surface area contributed by atoms with Gasteiger partial charge >= 0.3 is 5.97 Å². The summed E-state index contributed by atoms with van der Waals surface area (Å²) in [7, 11) is -3.44. The van der Waals surface area contributed by atoms with Crippen molar-refractivity contribution >= 4 is 33.3 Å².